The summed E-state index contributed by atoms with van der Waals surface area (Å²) in [6.45, 7) is 1.90. The van der Waals surface area contributed by atoms with E-state index in [9.17, 15) is 9.59 Å². The van der Waals surface area contributed by atoms with Crippen molar-refractivity contribution in [3.8, 4) is 0 Å². The van der Waals surface area contributed by atoms with Crippen LogP contribution >= 0.6 is 23.2 Å². The number of hydrogen-bond donors (Lipinski definition) is 2. The molecule has 4 nitrogen and oxygen atoms in total. The molecular weight excluding hydrogens is 347 g/mol. The van der Waals surface area contributed by atoms with Gasteiger partial charge in [0.15, 0.2) is 0 Å². The van der Waals surface area contributed by atoms with Crippen LogP contribution in [-0.2, 0) is 9.59 Å². The van der Waals surface area contributed by atoms with Crippen LogP contribution in [-0.4, -0.2) is 11.8 Å². The molecule has 1 saturated carbocycles. The third kappa shape index (κ3) is 3.25. The standard InChI is InChI=1S/C18H16Cl2N2O2/c1-11-4-2-3-5-14(11)21-16(23)18(8-9-18)17(24)22-15-10-12(19)6-7-13(15)20/h2-7,10H,8-9H2,1H3,(H,21,23)(H,22,24). The minimum Gasteiger partial charge on any atom is -0.325 e. The third-order valence-electron chi connectivity index (χ3n) is 4.19. The molecule has 3 rings (SSSR count). The number of para-hydroxylation sites is 1. The summed E-state index contributed by atoms with van der Waals surface area (Å²) in [5.41, 5.74) is 1.01. The van der Waals surface area contributed by atoms with Gasteiger partial charge in [-0.3, -0.25) is 9.59 Å². The number of halogens is 2. The molecule has 0 saturated heterocycles. The average molecular weight is 363 g/mol. The second-order valence-corrected chi connectivity index (χ2v) is 6.77. The molecule has 1 fully saturated rings. The van der Waals surface area contributed by atoms with Crippen molar-refractivity contribution in [3.05, 3.63) is 58.1 Å². The van der Waals surface area contributed by atoms with E-state index in [-0.39, 0.29) is 11.8 Å². The summed E-state index contributed by atoms with van der Waals surface area (Å²) in [6.07, 6.45) is 1.02. The number of carbonyl (C=O) groups is 2. The summed E-state index contributed by atoms with van der Waals surface area (Å²) in [6, 6.07) is 12.3. The van der Waals surface area contributed by atoms with Gasteiger partial charge in [0, 0.05) is 10.7 Å². The number of hydrogen-bond acceptors (Lipinski definition) is 2. The van der Waals surface area contributed by atoms with Gasteiger partial charge >= 0.3 is 0 Å². The zero-order chi connectivity index (χ0) is 17.3. The van der Waals surface area contributed by atoms with Crippen LogP contribution in [0.3, 0.4) is 0 Å². The van der Waals surface area contributed by atoms with Crippen molar-refractivity contribution in [1.82, 2.24) is 0 Å². The molecule has 24 heavy (non-hydrogen) atoms. The van der Waals surface area contributed by atoms with E-state index in [1.54, 1.807) is 18.2 Å². The maximum Gasteiger partial charge on any atom is 0.240 e. The molecule has 0 unspecified atom stereocenters. The van der Waals surface area contributed by atoms with Gasteiger partial charge in [0.25, 0.3) is 0 Å². The Balaban J connectivity index is 1.75. The smallest absolute Gasteiger partial charge is 0.240 e. The number of aryl methyl sites for hydroxylation is 1. The van der Waals surface area contributed by atoms with E-state index in [4.69, 9.17) is 23.2 Å². The van der Waals surface area contributed by atoms with Gasteiger partial charge in [-0.25, -0.2) is 0 Å². The fraction of sp³-hybridized carbons (Fsp3) is 0.222. The summed E-state index contributed by atoms with van der Waals surface area (Å²) < 4.78 is 0. The summed E-state index contributed by atoms with van der Waals surface area (Å²) >= 11 is 12.0. The number of anilines is 2. The topological polar surface area (TPSA) is 58.2 Å². The van der Waals surface area contributed by atoms with Gasteiger partial charge in [0.05, 0.1) is 10.7 Å². The van der Waals surface area contributed by atoms with Crippen LogP contribution in [0.25, 0.3) is 0 Å². The van der Waals surface area contributed by atoms with Crippen LogP contribution in [0, 0.1) is 12.3 Å². The van der Waals surface area contributed by atoms with Gasteiger partial charge in [0.2, 0.25) is 11.8 Å². The molecule has 0 aliphatic heterocycles. The number of rotatable bonds is 4. The minimum atomic E-state index is -1.05. The van der Waals surface area contributed by atoms with Gasteiger partial charge in [-0.1, -0.05) is 41.4 Å². The molecular formula is C18H16Cl2N2O2. The zero-order valence-corrected chi connectivity index (χ0v) is 14.5. The molecule has 124 valence electrons. The third-order valence-corrected chi connectivity index (χ3v) is 4.75. The molecule has 2 aromatic rings. The quantitative estimate of drug-likeness (QED) is 0.777. The minimum absolute atomic E-state index is 0.299. The van der Waals surface area contributed by atoms with Crippen molar-refractivity contribution in [2.24, 2.45) is 5.41 Å². The Bertz CT molecular complexity index is 816. The summed E-state index contributed by atoms with van der Waals surface area (Å²) in [4.78, 5) is 25.2. The molecule has 0 atom stereocenters. The maximum atomic E-state index is 12.6. The number of carbonyl (C=O) groups excluding carboxylic acids is 2. The molecule has 0 bridgehead atoms. The lowest BCUT2D eigenvalue weighted by Gasteiger charge is -2.17. The van der Waals surface area contributed by atoms with Crippen molar-refractivity contribution >= 4 is 46.4 Å². The normalized spacial score (nSPS) is 14.8. The van der Waals surface area contributed by atoms with E-state index in [2.05, 4.69) is 10.6 Å². The van der Waals surface area contributed by atoms with Crippen LogP contribution < -0.4 is 10.6 Å². The van der Waals surface area contributed by atoms with Crippen LogP contribution in [0.2, 0.25) is 10.0 Å². The average Bonchev–Trinajstić information content (AvgIpc) is 3.35. The molecule has 2 amide bonds. The highest BCUT2D eigenvalue weighted by Gasteiger charge is 2.56. The lowest BCUT2D eigenvalue weighted by Crippen LogP contribution is -2.35. The van der Waals surface area contributed by atoms with Crippen molar-refractivity contribution in [1.29, 1.82) is 0 Å². The fourth-order valence-corrected chi connectivity index (χ4v) is 2.81. The monoisotopic (exact) mass is 362 g/mol. The first-order valence-corrected chi connectivity index (χ1v) is 8.31. The van der Waals surface area contributed by atoms with Gasteiger partial charge in [-0.2, -0.15) is 0 Å². The highest BCUT2D eigenvalue weighted by atomic mass is 35.5. The predicted molar refractivity (Wildman–Crippen MR) is 96.6 cm³/mol. The van der Waals surface area contributed by atoms with E-state index in [1.165, 1.54) is 0 Å². The molecule has 2 N–H and O–H groups in total. The lowest BCUT2D eigenvalue weighted by molar-refractivity contribution is -0.131. The molecule has 0 radical (unpaired) electrons. The molecule has 2 aromatic carbocycles. The van der Waals surface area contributed by atoms with Crippen molar-refractivity contribution in [2.45, 2.75) is 19.8 Å². The van der Waals surface area contributed by atoms with E-state index in [0.717, 1.165) is 5.56 Å². The van der Waals surface area contributed by atoms with Crippen molar-refractivity contribution in [3.63, 3.8) is 0 Å². The van der Waals surface area contributed by atoms with E-state index in [0.29, 0.717) is 34.3 Å². The lowest BCUT2D eigenvalue weighted by atomic mass is 10.0. The number of benzene rings is 2. The van der Waals surface area contributed by atoms with Crippen LogP contribution in [0.4, 0.5) is 11.4 Å². The Morgan fingerprint density at radius 1 is 0.958 bits per heavy atom. The molecule has 0 aromatic heterocycles. The Morgan fingerprint density at radius 2 is 1.58 bits per heavy atom. The highest BCUT2D eigenvalue weighted by Crippen LogP contribution is 2.48. The van der Waals surface area contributed by atoms with Gasteiger partial charge in [-0.05, 0) is 49.6 Å². The first-order valence-electron chi connectivity index (χ1n) is 7.56. The Hall–Kier alpha value is -2.04. The molecule has 1 aliphatic rings. The van der Waals surface area contributed by atoms with Crippen LogP contribution in [0.1, 0.15) is 18.4 Å². The Morgan fingerprint density at radius 3 is 2.21 bits per heavy atom. The van der Waals surface area contributed by atoms with Gasteiger partial charge in [0.1, 0.15) is 5.41 Å². The molecule has 6 heteroatoms. The first-order chi connectivity index (χ1) is 11.4. The zero-order valence-electron chi connectivity index (χ0n) is 13.0. The van der Waals surface area contributed by atoms with E-state index in [1.807, 2.05) is 31.2 Å². The predicted octanol–water partition coefficient (Wildman–Crippen LogP) is 4.66. The SMILES string of the molecule is Cc1ccccc1NC(=O)C1(C(=O)Nc2cc(Cl)ccc2Cl)CC1. The van der Waals surface area contributed by atoms with E-state index < -0.39 is 5.41 Å². The Labute approximate surface area is 150 Å². The Kier molecular flexibility index (Phi) is 4.52. The summed E-state index contributed by atoms with van der Waals surface area (Å²) in [7, 11) is 0. The van der Waals surface area contributed by atoms with Crippen LogP contribution in [0.5, 0.6) is 0 Å². The first kappa shape index (κ1) is 16.8. The maximum absolute atomic E-state index is 12.6. The van der Waals surface area contributed by atoms with Crippen LogP contribution in [0.15, 0.2) is 42.5 Å². The molecule has 0 spiro atoms. The van der Waals surface area contributed by atoms with Crippen molar-refractivity contribution < 1.29 is 9.59 Å². The van der Waals surface area contributed by atoms with Crippen molar-refractivity contribution in [2.75, 3.05) is 10.6 Å². The fourth-order valence-electron chi connectivity index (χ4n) is 2.47. The largest absolute Gasteiger partial charge is 0.325 e. The highest BCUT2D eigenvalue weighted by molar-refractivity contribution is 6.36. The molecule has 1 aliphatic carbocycles. The number of nitrogens with one attached hydrogen (secondary N) is 2. The van der Waals surface area contributed by atoms with Gasteiger partial charge < -0.3 is 10.6 Å². The molecule has 0 heterocycles. The van der Waals surface area contributed by atoms with E-state index >= 15 is 0 Å². The van der Waals surface area contributed by atoms with Gasteiger partial charge in [-0.15, -0.1) is 0 Å². The summed E-state index contributed by atoms with van der Waals surface area (Å²) in [5.74, 6) is -0.662. The summed E-state index contributed by atoms with van der Waals surface area (Å²) in [5, 5.41) is 6.41. The second-order valence-electron chi connectivity index (χ2n) is 5.93. The number of amides is 2. The second kappa shape index (κ2) is 6.46.